The molecule has 1 aromatic carbocycles. The minimum absolute atomic E-state index is 0.0804. The molecule has 1 aliphatic carbocycles. The summed E-state index contributed by atoms with van der Waals surface area (Å²) in [6.07, 6.45) is 3.74. The van der Waals surface area contributed by atoms with Crippen LogP contribution in [0.3, 0.4) is 0 Å². The molecule has 6 nitrogen and oxygen atoms in total. The van der Waals surface area contributed by atoms with Crippen LogP contribution >= 0.6 is 0 Å². The van der Waals surface area contributed by atoms with Gasteiger partial charge < -0.3 is 5.32 Å². The molecule has 0 atom stereocenters. The molecular formula is C22H27N5O. The quantitative estimate of drug-likeness (QED) is 0.743. The molecule has 3 aromatic rings. The summed E-state index contributed by atoms with van der Waals surface area (Å²) in [7, 11) is 1.95. The van der Waals surface area contributed by atoms with Crippen molar-refractivity contribution in [3.8, 4) is 5.69 Å². The predicted molar refractivity (Wildman–Crippen MR) is 109 cm³/mol. The average molecular weight is 377 g/mol. The van der Waals surface area contributed by atoms with Gasteiger partial charge >= 0.3 is 0 Å². The van der Waals surface area contributed by atoms with E-state index in [0.717, 1.165) is 48.3 Å². The third kappa shape index (κ3) is 3.23. The van der Waals surface area contributed by atoms with Crippen molar-refractivity contribution < 1.29 is 4.79 Å². The Hall–Kier alpha value is -2.89. The highest BCUT2D eigenvalue weighted by Crippen LogP contribution is 2.28. The Bertz CT molecular complexity index is 1030. The van der Waals surface area contributed by atoms with Gasteiger partial charge in [-0.25, -0.2) is 4.68 Å². The van der Waals surface area contributed by atoms with E-state index in [2.05, 4.69) is 53.6 Å². The molecule has 0 bridgehead atoms. The van der Waals surface area contributed by atoms with Gasteiger partial charge in [-0.2, -0.15) is 10.2 Å². The second-order valence-electron chi connectivity index (χ2n) is 7.65. The number of amides is 1. The van der Waals surface area contributed by atoms with Gasteiger partial charge in [0.25, 0.3) is 5.91 Å². The van der Waals surface area contributed by atoms with Crippen molar-refractivity contribution in [1.82, 2.24) is 24.9 Å². The number of rotatable bonds is 5. The fourth-order valence-corrected chi connectivity index (χ4v) is 4.08. The number of carbonyl (C=O) groups excluding carboxylic acids is 1. The summed E-state index contributed by atoms with van der Waals surface area (Å²) >= 11 is 0. The number of fused-ring (bicyclic) bond motifs is 1. The number of benzene rings is 1. The summed E-state index contributed by atoms with van der Waals surface area (Å²) in [5, 5.41) is 12.2. The van der Waals surface area contributed by atoms with Crippen molar-refractivity contribution in [3.63, 3.8) is 0 Å². The van der Waals surface area contributed by atoms with E-state index in [9.17, 15) is 4.79 Å². The lowest BCUT2D eigenvalue weighted by Gasteiger charge is -2.06. The molecule has 0 saturated heterocycles. The van der Waals surface area contributed by atoms with Crippen molar-refractivity contribution >= 4 is 5.91 Å². The van der Waals surface area contributed by atoms with Crippen molar-refractivity contribution in [2.45, 2.75) is 46.5 Å². The first-order valence-corrected chi connectivity index (χ1v) is 9.90. The van der Waals surface area contributed by atoms with Crippen LogP contribution in [-0.2, 0) is 26.3 Å². The molecule has 1 N–H and O–H groups in total. The molecule has 0 aliphatic heterocycles. The summed E-state index contributed by atoms with van der Waals surface area (Å²) in [6, 6.07) is 8.29. The Morgan fingerprint density at radius 1 is 1.11 bits per heavy atom. The van der Waals surface area contributed by atoms with Gasteiger partial charge in [0.1, 0.15) is 0 Å². The number of nitrogens with one attached hydrogen (secondary N) is 1. The Balaban J connectivity index is 1.52. The molecule has 1 amide bonds. The molecule has 0 unspecified atom stereocenters. The van der Waals surface area contributed by atoms with Gasteiger partial charge in [-0.05, 0) is 64.2 Å². The van der Waals surface area contributed by atoms with Gasteiger partial charge in [-0.15, -0.1) is 0 Å². The Kier molecular flexibility index (Phi) is 4.79. The summed E-state index contributed by atoms with van der Waals surface area (Å²) in [4.78, 5) is 12.9. The summed E-state index contributed by atoms with van der Waals surface area (Å²) in [5.41, 5.74) is 8.47. The largest absolute Gasteiger partial charge is 0.350 e. The van der Waals surface area contributed by atoms with E-state index in [4.69, 9.17) is 0 Å². The van der Waals surface area contributed by atoms with E-state index < -0.39 is 0 Å². The predicted octanol–water partition coefficient (Wildman–Crippen LogP) is 2.99. The lowest BCUT2D eigenvalue weighted by atomic mass is 10.1. The summed E-state index contributed by atoms with van der Waals surface area (Å²) in [6.45, 7) is 6.73. The smallest absolute Gasteiger partial charge is 0.272 e. The average Bonchev–Trinajstić information content (AvgIpc) is 3.33. The number of carbonyl (C=O) groups is 1. The van der Waals surface area contributed by atoms with Crippen LogP contribution in [0.5, 0.6) is 0 Å². The van der Waals surface area contributed by atoms with Crippen molar-refractivity contribution in [2.75, 3.05) is 6.54 Å². The number of nitrogens with zero attached hydrogens (tertiary/aromatic N) is 4. The molecule has 2 heterocycles. The first kappa shape index (κ1) is 18.5. The van der Waals surface area contributed by atoms with Crippen LogP contribution < -0.4 is 5.32 Å². The fraction of sp³-hybridized carbons (Fsp3) is 0.409. The van der Waals surface area contributed by atoms with Crippen molar-refractivity contribution in [1.29, 1.82) is 0 Å². The highest BCUT2D eigenvalue weighted by molar-refractivity contribution is 5.94. The zero-order valence-electron chi connectivity index (χ0n) is 17.0. The van der Waals surface area contributed by atoms with Gasteiger partial charge in [-0.3, -0.25) is 9.48 Å². The molecule has 146 valence electrons. The molecule has 4 rings (SSSR count). The van der Waals surface area contributed by atoms with E-state index in [0.29, 0.717) is 12.2 Å². The lowest BCUT2D eigenvalue weighted by Crippen LogP contribution is -2.27. The van der Waals surface area contributed by atoms with Gasteiger partial charge in [-0.1, -0.05) is 17.7 Å². The molecule has 28 heavy (non-hydrogen) atoms. The van der Waals surface area contributed by atoms with Crippen molar-refractivity contribution in [2.24, 2.45) is 7.05 Å². The Morgan fingerprint density at radius 3 is 2.54 bits per heavy atom. The normalized spacial score (nSPS) is 13.0. The number of aromatic nitrogens is 4. The maximum absolute atomic E-state index is 12.9. The molecule has 0 radical (unpaired) electrons. The Morgan fingerprint density at radius 2 is 1.86 bits per heavy atom. The maximum Gasteiger partial charge on any atom is 0.272 e. The first-order valence-electron chi connectivity index (χ1n) is 9.90. The van der Waals surface area contributed by atoms with E-state index in [1.807, 2.05) is 23.3 Å². The first-order chi connectivity index (χ1) is 13.5. The third-order valence-corrected chi connectivity index (χ3v) is 5.74. The van der Waals surface area contributed by atoms with Crippen LogP contribution in [-0.4, -0.2) is 32.0 Å². The fourth-order valence-electron chi connectivity index (χ4n) is 4.08. The van der Waals surface area contributed by atoms with Crippen LogP contribution in [0.2, 0.25) is 0 Å². The van der Waals surface area contributed by atoms with Gasteiger partial charge in [0.15, 0.2) is 5.69 Å². The van der Waals surface area contributed by atoms with Gasteiger partial charge in [0, 0.05) is 30.5 Å². The molecule has 0 saturated carbocycles. The van der Waals surface area contributed by atoms with Crippen LogP contribution in [0.25, 0.3) is 5.69 Å². The molecule has 2 aromatic heterocycles. The van der Waals surface area contributed by atoms with Crippen LogP contribution in [0, 0.1) is 20.8 Å². The van der Waals surface area contributed by atoms with Crippen LogP contribution in [0.15, 0.2) is 24.3 Å². The standard InChI is InChI=1S/C22H27N5O/c1-14-8-10-17(11-9-14)27-20-7-5-6-19(20)21(25-27)22(28)23-13-12-18-15(2)24-26(4)16(18)3/h8-11H,5-7,12-13H2,1-4H3,(H,23,28). The molecule has 0 spiro atoms. The molecule has 0 fully saturated rings. The zero-order valence-corrected chi connectivity index (χ0v) is 17.0. The molecule has 6 heteroatoms. The minimum Gasteiger partial charge on any atom is -0.350 e. The summed E-state index contributed by atoms with van der Waals surface area (Å²) in [5.74, 6) is -0.0804. The lowest BCUT2D eigenvalue weighted by molar-refractivity contribution is 0.0947. The zero-order chi connectivity index (χ0) is 19.8. The second-order valence-corrected chi connectivity index (χ2v) is 7.65. The topological polar surface area (TPSA) is 64.7 Å². The highest BCUT2D eigenvalue weighted by atomic mass is 16.1. The Labute approximate surface area is 165 Å². The summed E-state index contributed by atoms with van der Waals surface area (Å²) < 4.78 is 3.84. The number of hydrogen-bond donors (Lipinski definition) is 1. The van der Waals surface area contributed by atoms with Gasteiger partial charge in [0.2, 0.25) is 0 Å². The maximum atomic E-state index is 12.9. The van der Waals surface area contributed by atoms with E-state index in [-0.39, 0.29) is 5.91 Å². The third-order valence-electron chi connectivity index (χ3n) is 5.74. The molecule has 1 aliphatic rings. The molecular weight excluding hydrogens is 350 g/mol. The van der Waals surface area contributed by atoms with Crippen LogP contribution in [0.4, 0.5) is 0 Å². The van der Waals surface area contributed by atoms with E-state index in [1.54, 1.807) is 0 Å². The SMILES string of the molecule is Cc1ccc(-n2nc(C(=O)NCCc3c(C)nn(C)c3C)c3c2CCC3)cc1. The second kappa shape index (κ2) is 7.26. The highest BCUT2D eigenvalue weighted by Gasteiger charge is 2.26. The number of hydrogen-bond acceptors (Lipinski definition) is 3. The number of aryl methyl sites for hydroxylation is 3. The van der Waals surface area contributed by atoms with Gasteiger partial charge in [0.05, 0.1) is 11.4 Å². The van der Waals surface area contributed by atoms with E-state index >= 15 is 0 Å². The van der Waals surface area contributed by atoms with E-state index in [1.165, 1.54) is 16.8 Å². The monoisotopic (exact) mass is 377 g/mol. The van der Waals surface area contributed by atoms with Crippen molar-refractivity contribution in [3.05, 3.63) is 63.7 Å². The van der Waals surface area contributed by atoms with Crippen LogP contribution in [0.1, 0.15) is 50.7 Å². The minimum atomic E-state index is -0.0804.